The summed E-state index contributed by atoms with van der Waals surface area (Å²) in [7, 11) is 3.62. The van der Waals surface area contributed by atoms with Gasteiger partial charge in [-0.15, -0.1) is 0 Å². The van der Waals surface area contributed by atoms with Gasteiger partial charge >= 0.3 is 0 Å². The molecule has 1 aliphatic rings. The number of carbonyl (C=O) groups excluding carboxylic acids is 2. The van der Waals surface area contributed by atoms with E-state index in [9.17, 15) is 29.2 Å². The molecule has 31 heavy (non-hydrogen) atoms. The number of rotatable bonds is 6. The molecule has 162 valence electrons. The maximum absolute atomic E-state index is 14.1. The Hall–Kier alpha value is -3.59. The van der Waals surface area contributed by atoms with Crippen LogP contribution in [-0.2, 0) is 9.59 Å². The highest BCUT2D eigenvalue weighted by atomic mass is 19.1. The van der Waals surface area contributed by atoms with Gasteiger partial charge in [0.1, 0.15) is 11.6 Å². The zero-order valence-corrected chi connectivity index (χ0v) is 17.3. The molecule has 1 N–H and O–H groups in total. The van der Waals surface area contributed by atoms with E-state index in [2.05, 4.69) is 0 Å². The second-order valence-electron chi connectivity index (χ2n) is 7.61. The lowest BCUT2D eigenvalue weighted by atomic mass is 9.95. The number of aliphatic hydroxyl groups excluding tert-OH is 1. The Morgan fingerprint density at radius 3 is 2.39 bits per heavy atom. The van der Waals surface area contributed by atoms with Gasteiger partial charge in [-0.25, -0.2) is 4.39 Å². The number of nitrogens with zero attached hydrogens (tertiary/aromatic N) is 3. The molecule has 1 fully saturated rings. The summed E-state index contributed by atoms with van der Waals surface area (Å²) >= 11 is 0. The average molecular weight is 427 g/mol. The summed E-state index contributed by atoms with van der Waals surface area (Å²) in [5.74, 6) is -2.73. The predicted molar refractivity (Wildman–Crippen MR) is 112 cm³/mol. The Bertz CT molecular complexity index is 1080. The Morgan fingerprint density at radius 1 is 1.19 bits per heavy atom. The molecule has 0 aliphatic carbocycles. The molecule has 1 saturated heterocycles. The fourth-order valence-corrected chi connectivity index (χ4v) is 3.44. The lowest BCUT2D eigenvalue weighted by molar-refractivity contribution is -0.384. The molecular weight excluding hydrogens is 405 g/mol. The summed E-state index contributed by atoms with van der Waals surface area (Å²) in [6, 6.07) is 8.51. The Kier molecular flexibility index (Phi) is 6.16. The van der Waals surface area contributed by atoms with Crippen molar-refractivity contribution in [1.29, 1.82) is 0 Å². The number of likely N-dealkylation sites (N-methyl/N-ethyl adjacent to an activating group) is 1. The van der Waals surface area contributed by atoms with Crippen molar-refractivity contribution in [3.63, 3.8) is 0 Å². The molecule has 0 saturated carbocycles. The van der Waals surface area contributed by atoms with Crippen molar-refractivity contribution in [2.45, 2.75) is 13.0 Å². The van der Waals surface area contributed by atoms with E-state index in [1.807, 2.05) is 19.0 Å². The third-order valence-corrected chi connectivity index (χ3v) is 5.19. The second kappa shape index (κ2) is 8.65. The van der Waals surface area contributed by atoms with E-state index in [4.69, 9.17) is 0 Å². The Labute approximate surface area is 178 Å². The molecule has 0 bridgehead atoms. The van der Waals surface area contributed by atoms with Gasteiger partial charge in [0.05, 0.1) is 16.5 Å². The van der Waals surface area contributed by atoms with Crippen molar-refractivity contribution in [2.24, 2.45) is 0 Å². The van der Waals surface area contributed by atoms with Crippen molar-refractivity contribution in [3.8, 4) is 0 Å². The Morgan fingerprint density at radius 2 is 1.84 bits per heavy atom. The molecule has 0 radical (unpaired) electrons. The van der Waals surface area contributed by atoms with Gasteiger partial charge in [-0.1, -0.05) is 12.1 Å². The average Bonchev–Trinajstić information content (AvgIpc) is 2.98. The van der Waals surface area contributed by atoms with Gasteiger partial charge in [0.15, 0.2) is 0 Å². The van der Waals surface area contributed by atoms with Crippen LogP contribution in [-0.4, -0.2) is 58.7 Å². The SMILES string of the molecule is Cc1ccc(/C(O)=C2/C(=O)C(=O)N(CCN(C)C)C2c2ccc([N+](=O)[O-])cc2)cc1F. The number of nitro groups is 1. The van der Waals surface area contributed by atoms with Gasteiger partial charge in [0.2, 0.25) is 0 Å². The first-order valence-corrected chi connectivity index (χ1v) is 9.56. The third-order valence-electron chi connectivity index (χ3n) is 5.19. The van der Waals surface area contributed by atoms with E-state index < -0.39 is 34.2 Å². The first-order chi connectivity index (χ1) is 14.6. The smallest absolute Gasteiger partial charge is 0.295 e. The molecule has 0 aromatic heterocycles. The van der Waals surface area contributed by atoms with E-state index in [0.29, 0.717) is 17.7 Å². The highest BCUT2D eigenvalue weighted by Crippen LogP contribution is 2.39. The lowest BCUT2D eigenvalue weighted by Gasteiger charge is -2.26. The summed E-state index contributed by atoms with van der Waals surface area (Å²) in [6.45, 7) is 2.21. The lowest BCUT2D eigenvalue weighted by Crippen LogP contribution is -2.35. The van der Waals surface area contributed by atoms with Crippen LogP contribution in [0.3, 0.4) is 0 Å². The fraction of sp³-hybridized carbons (Fsp3) is 0.273. The quantitative estimate of drug-likeness (QED) is 0.250. The van der Waals surface area contributed by atoms with Crippen molar-refractivity contribution < 1.29 is 24.0 Å². The van der Waals surface area contributed by atoms with E-state index >= 15 is 0 Å². The molecule has 8 nitrogen and oxygen atoms in total. The minimum atomic E-state index is -0.954. The van der Waals surface area contributed by atoms with Crippen molar-refractivity contribution in [2.75, 3.05) is 27.2 Å². The number of likely N-dealkylation sites (tertiary alicyclic amines) is 1. The van der Waals surface area contributed by atoms with Crippen LogP contribution in [0.5, 0.6) is 0 Å². The zero-order valence-electron chi connectivity index (χ0n) is 17.3. The summed E-state index contributed by atoms with van der Waals surface area (Å²) < 4.78 is 14.1. The van der Waals surface area contributed by atoms with E-state index in [1.165, 1.54) is 41.3 Å². The number of nitro benzene ring substituents is 1. The number of carbonyl (C=O) groups is 2. The minimum absolute atomic E-state index is 0.0700. The number of hydrogen-bond donors (Lipinski definition) is 1. The number of halogens is 1. The number of ketones is 1. The molecule has 1 heterocycles. The Balaban J connectivity index is 2.16. The van der Waals surface area contributed by atoms with Gasteiger partial charge in [0.25, 0.3) is 17.4 Å². The predicted octanol–water partition coefficient (Wildman–Crippen LogP) is 3.03. The largest absolute Gasteiger partial charge is 0.507 e. The maximum Gasteiger partial charge on any atom is 0.295 e. The monoisotopic (exact) mass is 427 g/mol. The van der Waals surface area contributed by atoms with Crippen LogP contribution >= 0.6 is 0 Å². The van der Waals surface area contributed by atoms with Gasteiger partial charge in [0, 0.05) is 30.8 Å². The van der Waals surface area contributed by atoms with Gasteiger partial charge in [-0.2, -0.15) is 0 Å². The van der Waals surface area contributed by atoms with E-state index in [0.717, 1.165) is 6.07 Å². The molecule has 1 amide bonds. The van der Waals surface area contributed by atoms with Crippen LogP contribution < -0.4 is 0 Å². The third kappa shape index (κ3) is 4.31. The molecule has 1 unspecified atom stereocenters. The highest BCUT2D eigenvalue weighted by molar-refractivity contribution is 6.46. The van der Waals surface area contributed by atoms with E-state index in [1.54, 1.807) is 6.92 Å². The number of aliphatic hydroxyl groups is 1. The summed E-state index contributed by atoms with van der Waals surface area (Å²) in [5, 5.41) is 21.9. The van der Waals surface area contributed by atoms with Crippen LogP contribution in [0.1, 0.15) is 22.7 Å². The van der Waals surface area contributed by atoms with Crippen LogP contribution in [0.4, 0.5) is 10.1 Å². The maximum atomic E-state index is 14.1. The highest BCUT2D eigenvalue weighted by Gasteiger charge is 2.46. The van der Waals surface area contributed by atoms with Gasteiger partial charge in [-0.3, -0.25) is 19.7 Å². The molecule has 0 spiro atoms. The first-order valence-electron chi connectivity index (χ1n) is 9.56. The zero-order chi connectivity index (χ0) is 22.9. The van der Waals surface area contributed by atoms with Crippen molar-refractivity contribution in [3.05, 3.63) is 80.7 Å². The molecule has 9 heteroatoms. The number of Topliss-reactive ketones (excluding diaryl/α,β-unsaturated/α-hetero) is 1. The van der Waals surface area contributed by atoms with Crippen LogP contribution in [0, 0.1) is 22.9 Å². The minimum Gasteiger partial charge on any atom is -0.507 e. The van der Waals surface area contributed by atoms with Crippen molar-refractivity contribution >= 4 is 23.1 Å². The number of benzene rings is 2. The molecule has 3 rings (SSSR count). The number of amides is 1. The van der Waals surface area contributed by atoms with Crippen LogP contribution in [0.25, 0.3) is 5.76 Å². The summed E-state index contributed by atoms with van der Waals surface area (Å²) in [5.41, 5.74) is 0.545. The first kappa shape index (κ1) is 22.1. The molecule has 2 aromatic carbocycles. The van der Waals surface area contributed by atoms with E-state index in [-0.39, 0.29) is 23.4 Å². The van der Waals surface area contributed by atoms with Gasteiger partial charge < -0.3 is 14.9 Å². The standard InChI is InChI=1S/C22H22FN3O5/c1-13-4-5-15(12-17(13)23)20(27)18-19(14-6-8-16(9-7-14)26(30)31)25(11-10-24(2)3)22(29)21(18)28/h4-9,12,19,27H,10-11H2,1-3H3/b20-18-. The fourth-order valence-electron chi connectivity index (χ4n) is 3.44. The molecular formula is C22H22FN3O5. The number of aryl methyl sites for hydroxylation is 1. The number of non-ortho nitro benzene ring substituents is 1. The van der Waals surface area contributed by atoms with Crippen molar-refractivity contribution in [1.82, 2.24) is 9.80 Å². The summed E-state index contributed by atoms with van der Waals surface area (Å²) in [6.07, 6.45) is 0. The molecule has 2 aromatic rings. The number of hydrogen-bond acceptors (Lipinski definition) is 6. The van der Waals surface area contributed by atoms with Crippen LogP contribution in [0.2, 0.25) is 0 Å². The van der Waals surface area contributed by atoms with Gasteiger partial charge in [-0.05, 0) is 50.3 Å². The van der Waals surface area contributed by atoms with Crippen LogP contribution in [0.15, 0.2) is 48.0 Å². The summed E-state index contributed by atoms with van der Waals surface area (Å²) in [4.78, 5) is 39.2. The normalized spacial score (nSPS) is 18.1. The molecule has 1 atom stereocenters. The molecule has 1 aliphatic heterocycles. The topological polar surface area (TPSA) is 104 Å². The second-order valence-corrected chi connectivity index (χ2v) is 7.61.